The van der Waals surface area contributed by atoms with E-state index < -0.39 is 36.0 Å². The van der Waals surface area contributed by atoms with Crippen LogP contribution >= 0.6 is 0 Å². The van der Waals surface area contributed by atoms with Crippen molar-refractivity contribution in [3.8, 4) is 5.75 Å². The molecule has 2 amide bonds. The number of rotatable bonds is 5. The molecule has 0 bridgehead atoms. The van der Waals surface area contributed by atoms with Crippen LogP contribution in [-0.2, 0) is 14.3 Å². The Morgan fingerprint density at radius 2 is 1.95 bits per heavy atom. The van der Waals surface area contributed by atoms with E-state index in [0.717, 1.165) is 4.90 Å². The average molecular weight is 305 g/mol. The van der Waals surface area contributed by atoms with Gasteiger partial charge in [-0.05, 0) is 26.0 Å². The number of esters is 1. The van der Waals surface area contributed by atoms with Gasteiger partial charge in [0, 0.05) is 6.54 Å². The van der Waals surface area contributed by atoms with E-state index in [-0.39, 0.29) is 23.5 Å². The molecule has 7 nitrogen and oxygen atoms in total. The average Bonchev–Trinajstić information content (AvgIpc) is 2.69. The number of fused-ring (bicyclic) bond motifs is 1. The third-order valence-electron chi connectivity index (χ3n) is 3.40. The Hall–Kier alpha value is -2.70. The van der Waals surface area contributed by atoms with Gasteiger partial charge in [-0.25, -0.2) is 0 Å². The van der Waals surface area contributed by atoms with Crippen LogP contribution in [0.2, 0.25) is 0 Å². The van der Waals surface area contributed by atoms with Crippen molar-refractivity contribution in [3.63, 3.8) is 0 Å². The summed E-state index contributed by atoms with van der Waals surface area (Å²) in [6.07, 6.45) is 0. The maximum absolute atomic E-state index is 12.2. The van der Waals surface area contributed by atoms with E-state index in [1.165, 1.54) is 25.1 Å². The van der Waals surface area contributed by atoms with Gasteiger partial charge in [0.2, 0.25) is 0 Å². The lowest BCUT2D eigenvalue weighted by atomic mass is 10.1. The summed E-state index contributed by atoms with van der Waals surface area (Å²) in [7, 11) is 0. The highest BCUT2D eigenvalue weighted by Gasteiger charge is 2.41. The monoisotopic (exact) mass is 305 g/mol. The molecule has 0 radical (unpaired) electrons. The molecule has 1 atom stereocenters. The molecule has 1 aromatic rings. The van der Waals surface area contributed by atoms with Crippen molar-refractivity contribution >= 4 is 23.6 Å². The van der Waals surface area contributed by atoms with Gasteiger partial charge < -0.3 is 9.84 Å². The number of hydrogen-bond donors (Lipinski definition) is 1. The molecule has 0 saturated carbocycles. The number of imide groups is 1. The Balaban J connectivity index is 2.29. The summed E-state index contributed by atoms with van der Waals surface area (Å²) in [5.74, 6) is -4.20. The van der Waals surface area contributed by atoms with Crippen LogP contribution in [0.4, 0.5) is 0 Å². The topological polar surface area (TPSA) is 101 Å². The van der Waals surface area contributed by atoms with Crippen LogP contribution in [-0.4, -0.2) is 46.7 Å². The number of Topliss-reactive ketones (excluding diaryl/α,β-unsaturated/α-hetero) is 1. The number of amides is 2. The summed E-state index contributed by atoms with van der Waals surface area (Å²) in [4.78, 5) is 48.6. The SMILES string of the molecule is CCOC(=O)C(CN1C(=O)c2cccc(O)c2C1=O)C(C)=O. The molecule has 22 heavy (non-hydrogen) atoms. The number of aromatic hydroxyl groups is 1. The molecule has 2 rings (SSSR count). The van der Waals surface area contributed by atoms with Gasteiger partial charge in [-0.3, -0.25) is 24.1 Å². The lowest BCUT2D eigenvalue weighted by Gasteiger charge is -2.19. The standard InChI is InChI=1S/C15H15NO6/c1-3-22-15(21)10(8(2)17)7-16-13(19)9-5-4-6-11(18)12(9)14(16)20/h4-6,10,18H,3,7H2,1-2H3. The Kier molecular flexibility index (Phi) is 4.25. The lowest BCUT2D eigenvalue weighted by molar-refractivity contribution is -0.151. The van der Waals surface area contributed by atoms with Crippen molar-refractivity contribution < 1.29 is 29.0 Å². The maximum atomic E-state index is 12.2. The third-order valence-corrected chi connectivity index (χ3v) is 3.40. The van der Waals surface area contributed by atoms with Crippen LogP contribution in [0.3, 0.4) is 0 Å². The molecule has 1 aliphatic rings. The normalized spacial score (nSPS) is 14.7. The number of nitrogens with zero attached hydrogens (tertiary/aromatic N) is 1. The predicted molar refractivity (Wildman–Crippen MR) is 74.3 cm³/mol. The fourth-order valence-corrected chi connectivity index (χ4v) is 2.28. The number of phenols is 1. The summed E-state index contributed by atoms with van der Waals surface area (Å²) < 4.78 is 4.79. The Bertz CT molecular complexity index is 666. The van der Waals surface area contributed by atoms with Gasteiger partial charge in [-0.15, -0.1) is 0 Å². The number of ketones is 1. The number of phenolic OH excluding ortho intramolecular Hbond substituents is 1. The van der Waals surface area contributed by atoms with Crippen LogP contribution in [0.15, 0.2) is 18.2 Å². The summed E-state index contributed by atoms with van der Waals surface area (Å²) in [6.45, 7) is 2.47. The van der Waals surface area contributed by atoms with E-state index in [2.05, 4.69) is 0 Å². The molecular weight excluding hydrogens is 290 g/mol. The van der Waals surface area contributed by atoms with Crippen LogP contribution in [0.25, 0.3) is 0 Å². The van der Waals surface area contributed by atoms with E-state index >= 15 is 0 Å². The number of ether oxygens (including phenoxy) is 1. The smallest absolute Gasteiger partial charge is 0.318 e. The summed E-state index contributed by atoms with van der Waals surface area (Å²) in [5.41, 5.74) is -0.0604. The van der Waals surface area contributed by atoms with Gasteiger partial charge in [0.25, 0.3) is 11.8 Å². The molecule has 0 aromatic heterocycles. The molecule has 1 aromatic carbocycles. The first kappa shape index (κ1) is 15.7. The van der Waals surface area contributed by atoms with Gasteiger partial charge in [-0.1, -0.05) is 6.07 Å². The number of hydrogen-bond acceptors (Lipinski definition) is 6. The van der Waals surface area contributed by atoms with Crippen molar-refractivity contribution in [3.05, 3.63) is 29.3 Å². The molecule has 0 fully saturated rings. The van der Waals surface area contributed by atoms with Gasteiger partial charge in [0.15, 0.2) is 0 Å². The van der Waals surface area contributed by atoms with E-state index in [0.29, 0.717) is 0 Å². The van der Waals surface area contributed by atoms with Crippen molar-refractivity contribution in [2.75, 3.05) is 13.2 Å². The minimum atomic E-state index is -1.23. The molecular formula is C15H15NO6. The first-order chi connectivity index (χ1) is 10.4. The largest absolute Gasteiger partial charge is 0.507 e. The molecule has 1 unspecified atom stereocenters. The highest BCUT2D eigenvalue weighted by Crippen LogP contribution is 2.30. The molecule has 7 heteroatoms. The molecule has 0 aliphatic carbocycles. The molecule has 1 N–H and O–H groups in total. The van der Waals surface area contributed by atoms with Gasteiger partial charge >= 0.3 is 5.97 Å². The second kappa shape index (κ2) is 5.97. The lowest BCUT2D eigenvalue weighted by Crippen LogP contribution is -2.40. The second-order valence-electron chi connectivity index (χ2n) is 4.84. The van der Waals surface area contributed by atoms with Gasteiger partial charge in [0.1, 0.15) is 17.5 Å². The van der Waals surface area contributed by atoms with E-state index in [9.17, 15) is 24.3 Å². The van der Waals surface area contributed by atoms with Crippen LogP contribution in [0.5, 0.6) is 5.75 Å². The molecule has 1 aliphatic heterocycles. The summed E-state index contributed by atoms with van der Waals surface area (Å²) in [5, 5.41) is 9.72. The summed E-state index contributed by atoms with van der Waals surface area (Å²) in [6, 6.07) is 4.14. The zero-order chi connectivity index (χ0) is 16.4. The highest BCUT2D eigenvalue weighted by atomic mass is 16.5. The second-order valence-corrected chi connectivity index (χ2v) is 4.84. The molecule has 0 saturated heterocycles. The maximum Gasteiger partial charge on any atom is 0.318 e. The number of carbonyl (C=O) groups is 4. The number of carbonyl (C=O) groups excluding carboxylic acids is 4. The third kappa shape index (κ3) is 2.57. The number of benzene rings is 1. The van der Waals surface area contributed by atoms with Crippen molar-refractivity contribution in [2.45, 2.75) is 13.8 Å². The van der Waals surface area contributed by atoms with Gasteiger partial charge in [0.05, 0.1) is 17.7 Å². The fourth-order valence-electron chi connectivity index (χ4n) is 2.28. The van der Waals surface area contributed by atoms with E-state index in [1.807, 2.05) is 0 Å². The first-order valence-electron chi connectivity index (χ1n) is 6.73. The Labute approximate surface area is 126 Å². The molecule has 116 valence electrons. The zero-order valence-electron chi connectivity index (χ0n) is 12.2. The van der Waals surface area contributed by atoms with Crippen LogP contribution in [0, 0.1) is 5.92 Å². The van der Waals surface area contributed by atoms with Crippen molar-refractivity contribution in [1.82, 2.24) is 4.90 Å². The van der Waals surface area contributed by atoms with Gasteiger partial charge in [-0.2, -0.15) is 0 Å². The predicted octanol–water partition coefficient (Wildman–Crippen LogP) is 0.756. The Morgan fingerprint density at radius 1 is 1.27 bits per heavy atom. The summed E-state index contributed by atoms with van der Waals surface area (Å²) >= 11 is 0. The molecule has 1 heterocycles. The van der Waals surface area contributed by atoms with Crippen molar-refractivity contribution in [2.24, 2.45) is 5.92 Å². The quantitative estimate of drug-likeness (QED) is 0.489. The van der Waals surface area contributed by atoms with Crippen LogP contribution in [0.1, 0.15) is 34.6 Å². The Morgan fingerprint density at radius 3 is 2.50 bits per heavy atom. The van der Waals surface area contributed by atoms with E-state index in [4.69, 9.17) is 4.74 Å². The molecule has 0 spiro atoms. The minimum absolute atomic E-state index is 0.0520. The zero-order valence-corrected chi connectivity index (χ0v) is 12.2. The van der Waals surface area contributed by atoms with E-state index in [1.54, 1.807) is 6.92 Å². The first-order valence-corrected chi connectivity index (χ1v) is 6.73. The minimum Gasteiger partial charge on any atom is -0.507 e. The van der Waals surface area contributed by atoms with Crippen molar-refractivity contribution in [1.29, 1.82) is 0 Å². The van der Waals surface area contributed by atoms with Crippen LogP contribution < -0.4 is 0 Å². The fraction of sp³-hybridized carbons (Fsp3) is 0.333. The highest BCUT2D eigenvalue weighted by molar-refractivity contribution is 6.22.